The molecule has 0 spiro atoms. The Morgan fingerprint density at radius 2 is 1.74 bits per heavy atom. The van der Waals surface area contributed by atoms with E-state index in [0.717, 1.165) is 37.2 Å². The largest absolute Gasteiger partial charge is 0.370 e. The number of hydrogen-bond donors (Lipinski definition) is 3. The second kappa shape index (κ2) is 10.6. The molecule has 3 aromatic carbocycles. The fraction of sp³-hybridized carbons (Fsp3) is 0.231. The number of aryl methyl sites for hydroxylation is 1. The van der Waals surface area contributed by atoms with Gasteiger partial charge in [0.25, 0.3) is 5.91 Å². The monoisotopic (exact) mass is 480 g/mol. The molecule has 0 saturated carbocycles. The average Bonchev–Trinajstić information content (AvgIpc) is 3.34. The molecule has 0 unspecified atom stereocenters. The van der Waals surface area contributed by atoms with Gasteiger partial charge in [0.1, 0.15) is 5.82 Å². The van der Waals surface area contributed by atoms with Crippen molar-refractivity contribution in [3.63, 3.8) is 0 Å². The normalized spacial score (nSPS) is 13.0. The topological polar surface area (TPSA) is 73.5 Å². The third-order valence-corrected chi connectivity index (χ3v) is 5.98. The highest BCUT2D eigenvalue weighted by atomic mass is 35.5. The van der Waals surface area contributed by atoms with Gasteiger partial charge < -0.3 is 20.9 Å². The number of nitrogens with one attached hydrogen (secondary N) is 3. The first-order valence-corrected chi connectivity index (χ1v) is 11.5. The number of halogens is 2. The summed E-state index contributed by atoms with van der Waals surface area (Å²) in [6, 6.07) is 16.2. The Kier molecular flexibility index (Phi) is 7.33. The van der Waals surface area contributed by atoms with Crippen LogP contribution in [0.15, 0.2) is 60.7 Å². The lowest BCUT2D eigenvalue weighted by Crippen LogP contribution is -2.26. The van der Waals surface area contributed by atoms with E-state index in [1.54, 1.807) is 36.4 Å². The summed E-state index contributed by atoms with van der Waals surface area (Å²) < 4.78 is 13.4. The van der Waals surface area contributed by atoms with E-state index in [4.69, 9.17) is 11.6 Å². The summed E-state index contributed by atoms with van der Waals surface area (Å²) in [5.41, 5.74) is 3.95. The maximum absolute atomic E-state index is 13.4. The van der Waals surface area contributed by atoms with Crippen molar-refractivity contribution < 1.29 is 14.0 Å². The first-order chi connectivity index (χ1) is 16.4. The number of anilines is 3. The summed E-state index contributed by atoms with van der Waals surface area (Å²) >= 11 is 6.07. The molecule has 8 heteroatoms. The molecule has 176 valence electrons. The van der Waals surface area contributed by atoms with Crippen LogP contribution in [0.4, 0.5) is 26.2 Å². The minimum Gasteiger partial charge on any atom is -0.370 e. The van der Waals surface area contributed by atoms with E-state index >= 15 is 0 Å². The highest BCUT2D eigenvalue weighted by molar-refractivity contribution is 6.31. The highest BCUT2D eigenvalue weighted by Gasteiger charge is 2.19. The maximum atomic E-state index is 13.4. The smallest absolute Gasteiger partial charge is 0.323 e. The molecular weight excluding hydrogens is 455 g/mol. The van der Waals surface area contributed by atoms with E-state index in [0.29, 0.717) is 27.5 Å². The minimum atomic E-state index is -0.428. The quantitative estimate of drug-likeness (QED) is 0.407. The van der Waals surface area contributed by atoms with Crippen molar-refractivity contribution in [2.45, 2.75) is 26.3 Å². The van der Waals surface area contributed by atoms with Gasteiger partial charge in [-0.25, -0.2) is 9.18 Å². The van der Waals surface area contributed by atoms with Crippen LogP contribution in [0.5, 0.6) is 0 Å². The first-order valence-electron chi connectivity index (χ1n) is 11.1. The number of nitrogens with zero attached hydrogens (tertiary/aromatic N) is 1. The molecule has 0 bridgehead atoms. The zero-order valence-electron chi connectivity index (χ0n) is 18.8. The van der Waals surface area contributed by atoms with Crippen LogP contribution in [0.3, 0.4) is 0 Å². The van der Waals surface area contributed by atoms with Crippen LogP contribution in [0.2, 0.25) is 5.02 Å². The molecule has 1 heterocycles. The summed E-state index contributed by atoms with van der Waals surface area (Å²) in [6.07, 6.45) is 2.15. The Morgan fingerprint density at radius 3 is 2.50 bits per heavy atom. The van der Waals surface area contributed by atoms with Crippen molar-refractivity contribution >= 4 is 40.6 Å². The summed E-state index contributed by atoms with van der Waals surface area (Å²) in [7, 11) is 0. The second-order valence-corrected chi connectivity index (χ2v) is 8.71. The number of urea groups is 1. The molecule has 3 N–H and O–H groups in total. The second-order valence-electron chi connectivity index (χ2n) is 8.28. The fourth-order valence-corrected chi connectivity index (χ4v) is 4.12. The molecule has 0 radical (unpaired) electrons. The van der Waals surface area contributed by atoms with Crippen LogP contribution in [0.1, 0.15) is 34.3 Å². The maximum Gasteiger partial charge on any atom is 0.323 e. The van der Waals surface area contributed by atoms with Gasteiger partial charge in [-0.15, -0.1) is 0 Å². The van der Waals surface area contributed by atoms with Gasteiger partial charge in [0.2, 0.25) is 0 Å². The number of carbonyl (C=O) groups is 2. The Balaban J connectivity index is 1.52. The summed E-state index contributed by atoms with van der Waals surface area (Å²) in [6.45, 7) is 3.84. The van der Waals surface area contributed by atoms with Crippen LogP contribution < -0.4 is 20.9 Å². The fourth-order valence-electron chi connectivity index (χ4n) is 3.95. The third-order valence-electron chi connectivity index (χ3n) is 5.74. The average molecular weight is 481 g/mol. The molecule has 3 aromatic rings. The van der Waals surface area contributed by atoms with Gasteiger partial charge in [-0.3, -0.25) is 4.79 Å². The Morgan fingerprint density at radius 1 is 0.971 bits per heavy atom. The van der Waals surface area contributed by atoms with Crippen molar-refractivity contribution in [3.8, 4) is 0 Å². The van der Waals surface area contributed by atoms with Gasteiger partial charge in [0.05, 0.1) is 11.4 Å². The van der Waals surface area contributed by atoms with Gasteiger partial charge in [-0.2, -0.15) is 0 Å². The third kappa shape index (κ3) is 5.85. The van der Waals surface area contributed by atoms with E-state index in [1.807, 2.05) is 19.1 Å². The van der Waals surface area contributed by atoms with Crippen molar-refractivity contribution in [2.24, 2.45) is 0 Å². The standard InChI is InChI=1S/C26H26ClFN4O2/c1-17-7-9-20(27)15-22(17)30-26(34)31-23-14-19(8-10-24(23)32-11-2-3-12-32)25(33)29-16-18-5-4-6-21(28)13-18/h4-10,13-15H,2-3,11-12,16H2,1H3,(H,29,33)(H2,30,31,34). The lowest BCUT2D eigenvalue weighted by Gasteiger charge is -2.22. The lowest BCUT2D eigenvalue weighted by atomic mass is 10.1. The Hall–Kier alpha value is -3.58. The van der Waals surface area contributed by atoms with E-state index < -0.39 is 6.03 Å². The lowest BCUT2D eigenvalue weighted by molar-refractivity contribution is 0.0951. The van der Waals surface area contributed by atoms with Crippen LogP contribution >= 0.6 is 11.6 Å². The van der Waals surface area contributed by atoms with Crippen LogP contribution in [0.25, 0.3) is 0 Å². The van der Waals surface area contributed by atoms with Crippen LogP contribution in [-0.2, 0) is 6.54 Å². The number of carbonyl (C=O) groups excluding carboxylic acids is 2. The van der Waals surface area contributed by atoms with Gasteiger partial charge in [-0.05, 0) is 73.4 Å². The number of hydrogen-bond acceptors (Lipinski definition) is 3. The molecule has 0 aromatic heterocycles. The van der Waals surface area contributed by atoms with E-state index in [1.165, 1.54) is 12.1 Å². The molecule has 1 aliphatic heterocycles. The molecular formula is C26H26ClFN4O2. The van der Waals surface area contributed by atoms with Crippen molar-refractivity contribution in [1.29, 1.82) is 0 Å². The Labute approximate surface area is 203 Å². The van der Waals surface area contributed by atoms with Gasteiger partial charge in [0, 0.05) is 35.9 Å². The van der Waals surface area contributed by atoms with E-state index in [9.17, 15) is 14.0 Å². The molecule has 1 aliphatic rings. The van der Waals surface area contributed by atoms with E-state index in [2.05, 4.69) is 20.9 Å². The summed E-state index contributed by atoms with van der Waals surface area (Å²) in [4.78, 5) is 27.8. The SMILES string of the molecule is Cc1ccc(Cl)cc1NC(=O)Nc1cc(C(=O)NCc2cccc(F)c2)ccc1N1CCCC1. The first kappa shape index (κ1) is 23.6. The number of rotatable bonds is 6. The summed E-state index contributed by atoms with van der Waals surface area (Å²) in [5.74, 6) is -0.666. The zero-order valence-corrected chi connectivity index (χ0v) is 19.6. The molecule has 3 amide bonds. The van der Waals surface area contributed by atoms with Crippen molar-refractivity contribution in [3.05, 3.63) is 88.2 Å². The number of benzene rings is 3. The van der Waals surface area contributed by atoms with Crippen molar-refractivity contribution in [1.82, 2.24) is 5.32 Å². The molecule has 6 nitrogen and oxygen atoms in total. The highest BCUT2D eigenvalue weighted by Crippen LogP contribution is 2.30. The predicted molar refractivity (Wildman–Crippen MR) is 134 cm³/mol. The van der Waals surface area contributed by atoms with Gasteiger partial charge in [-0.1, -0.05) is 29.8 Å². The zero-order chi connectivity index (χ0) is 24.1. The molecule has 4 rings (SSSR count). The number of amides is 3. The molecule has 0 atom stereocenters. The molecule has 0 aliphatic carbocycles. The Bertz CT molecular complexity index is 1210. The van der Waals surface area contributed by atoms with E-state index in [-0.39, 0.29) is 18.3 Å². The molecule has 1 fully saturated rings. The van der Waals surface area contributed by atoms with Gasteiger partial charge in [0.15, 0.2) is 0 Å². The van der Waals surface area contributed by atoms with Crippen LogP contribution in [-0.4, -0.2) is 25.0 Å². The van der Waals surface area contributed by atoms with Crippen molar-refractivity contribution in [2.75, 3.05) is 28.6 Å². The predicted octanol–water partition coefficient (Wildman–Crippen LogP) is 5.96. The minimum absolute atomic E-state index is 0.196. The molecule has 34 heavy (non-hydrogen) atoms. The van der Waals surface area contributed by atoms with Gasteiger partial charge >= 0.3 is 6.03 Å². The summed E-state index contributed by atoms with van der Waals surface area (Å²) in [5, 5.41) is 9.05. The molecule has 1 saturated heterocycles. The van der Waals surface area contributed by atoms with Crippen LogP contribution in [0, 0.1) is 12.7 Å².